The maximum absolute atomic E-state index is 16.1. The summed E-state index contributed by atoms with van der Waals surface area (Å²) in [6.07, 6.45) is 7.01. The van der Waals surface area contributed by atoms with Crippen LogP contribution >= 0.6 is 0 Å². The number of aromatic amines is 1. The first-order chi connectivity index (χ1) is 19.3. The van der Waals surface area contributed by atoms with Crippen molar-refractivity contribution in [2.45, 2.75) is 12.8 Å². The normalized spacial score (nSPS) is 13.7. The summed E-state index contributed by atoms with van der Waals surface area (Å²) in [5.74, 6) is 4.39. The number of amides is 1. The maximum atomic E-state index is 16.1. The molecule has 3 heterocycles. The summed E-state index contributed by atoms with van der Waals surface area (Å²) in [6.45, 7) is 0.962. The number of para-hydroxylation sites is 1. The molecule has 11 heteroatoms. The SMILES string of the molecule is COc1c(-c2cc(C3=CCCN(C(=O)CCN(N)/C=C\N)C3)c(F)c3[nH]c(C(=O)O)cc23)cnc2ccccc12. The van der Waals surface area contributed by atoms with Crippen molar-refractivity contribution in [1.29, 1.82) is 0 Å². The number of carboxylic acids is 1. The van der Waals surface area contributed by atoms with Gasteiger partial charge in [0.05, 0.1) is 18.1 Å². The molecule has 1 aliphatic rings. The lowest BCUT2D eigenvalue weighted by Gasteiger charge is -2.29. The van der Waals surface area contributed by atoms with E-state index in [0.29, 0.717) is 40.8 Å². The Morgan fingerprint density at radius 2 is 2.02 bits per heavy atom. The quantitative estimate of drug-likeness (QED) is 0.193. The number of hydrazine groups is 1. The van der Waals surface area contributed by atoms with Gasteiger partial charge < -0.3 is 30.5 Å². The van der Waals surface area contributed by atoms with E-state index in [4.69, 9.17) is 16.3 Å². The van der Waals surface area contributed by atoms with Crippen molar-refractivity contribution in [2.24, 2.45) is 11.6 Å². The van der Waals surface area contributed by atoms with Crippen LogP contribution in [-0.4, -0.2) is 63.6 Å². The smallest absolute Gasteiger partial charge is 0.352 e. The van der Waals surface area contributed by atoms with Gasteiger partial charge in [-0.1, -0.05) is 18.2 Å². The van der Waals surface area contributed by atoms with E-state index in [2.05, 4.69) is 9.97 Å². The Balaban J connectivity index is 1.60. The van der Waals surface area contributed by atoms with E-state index in [1.165, 1.54) is 23.5 Å². The molecule has 0 aliphatic carbocycles. The zero-order valence-corrected chi connectivity index (χ0v) is 21.9. The number of aromatic nitrogens is 2. The lowest BCUT2D eigenvalue weighted by atomic mass is 9.93. The number of ether oxygens (including phenoxy) is 1. The summed E-state index contributed by atoms with van der Waals surface area (Å²) in [5.41, 5.74) is 8.00. The summed E-state index contributed by atoms with van der Waals surface area (Å²) < 4.78 is 21.9. The number of carboxylic acid groups (broad SMARTS) is 1. The number of benzene rings is 2. The molecule has 6 N–H and O–H groups in total. The van der Waals surface area contributed by atoms with E-state index in [1.54, 1.807) is 24.3 Å². The molecule has 0 fully saturated rings. The van der Waals surface area contributed by atoms with E-state index in [0.717, 1.165) is 10.9 Å². The third-order valence-electron chi connectivity index (χ3n) is 7.01. The van der Waals surface area contributed by atoms with E-state index < -0.39 is 11.8 Å². The molecule has 0 bridgehead atoms. The van der Waals surface area contributed by atoms with Crippen molar-refractivity contribution < 1.29 is 23.8 Å². The first kappa shape index (κ1) is 26.7. The van der Waals surface area contributed by atoms with Crippen molar-refractivity contribution in [3.05, 3.63) is 78.1 Å². The first-order valence-corrected chi connectivity index (χ1v) is 12.7. The van der Waals surface area contributed by atoms with E-state index in [-0.39, 0.29) is 42.2 Å². The summed E-state index contributed by atoms with van der Waals surface area (Å²) in [7, 11) is 1.55. The third-order valence-corrected chi connectivity index (χ3v) is 7.01. The van der Waals surface area contributed by atoms with Crippen LogP contribution < -0.4 is 16.3 Å². The largest absolute Gasteiger partial charge is 0.495 e. The van der Waals surface area contributed by atoms with Gasteiger partial charge in [0.1, 0.15) is 11.4 Å². The molecule has 0 unspecified atom stereocenters. The Labute approximate surface area is 229 Å². The lowest BCUT2D eigenvalue weighted by Crippen LogP contribution is -2.38. The molecular formula is C29H29FN6O4. The predicted octanol–water partition coefficient (Wildman–Crippen LogP) is 3.84. The zero-order chi connectivity index (χ0) is 28.4. The Hall–Kier alpha value is -4.90. The molecule has 0 atom stereocenters. The van der Waals surface area contributed by atoms with Gasteiger partial charge in [0, 0.05) is 66.6 Å². The molecule has 4 aromatic rings. The molecule has 206 valence electrons. The zero-order valence-electron chi connectivity index (χ0n) is 21.9. The first-order valence-electron chi connectivity index (χ1n) is 12.7. The fraction of sp³-hybridized carbons (Fsp3) is 0.207. The average molecular weight is 545 g/mol. The number of pyridine rings is 1. The number of aromatic carboxylic acids is 1. The number of rotatable bonds is 8. The Morgan fingerprint density at radius 3 is 2.77 bits per heavy atom. The number of hydrogen-bond acceptors (Lipinski definition) is 7. The van der Waals surface area contributed by atoms with E-state index in [9.17, 15) is 14.7 Å². The number of fused-ring (bicyclic) bond motifs is 2. The molecule has 0 radical (unpaired) electrons. The minimum Gasteiger partial charge on any atom is -0.495 e. The maximum Gasteiger partial charge on any atom is 0.352 e. The molecular weight excluding hydrogens is 515 g/mol. The molecule has 10 nitrogen and oxygen atoms in total. The van der Waals surface area contributed by atoms with Crippen LogP contribution in [0.15, 0.2) is 61.1 Å². The number of methoxy groups -OCH3 is 1. The van der Waals surface area contributed by atoms with Gasteiger partial charge >= 0.3 is 5.97 Å². The van der Waals surface area contributed by atoms with Crippen LogP contribution in [0.1, 0.15) is 28.9 Å². The summed E-state index contributed by atoms with van der Waals surface area (Å²) >= 11 is 0. The minimum absolute atomic E-state index is 0.0526. The molecule has 5 rings (SSSR count). The monoisotopic (exact) mass is 544 g/mol. The summed E-state index contributed by atoms with van der Waals surface area (Å²) in [5, 5.41) is 12.1. The van der Waals surface area contributed by atoms with Crippen LogP contribution in [0.2, 0.25) is 0 Å². The predicted molar refractivity (Wildman–Crippen MR) is 151 cm³/mol. The second-order valence-corrected chi connectivity index (χ2v) is 9.45. The number of H-pyrrole nitrogens is 1. The van der Waals surface area contributed by atoms with Gasteiger partial charge in [-0.2, -0.15) is 0 Å². The lowest BCUT2D eigenvalue weighted by molar-refractivity contribution is -0.130. The average Bonchev–Trinajstić information content (AvgIpc) is 3.43. The molecule has 1 aliphatic heterocycles. The number of nitrogens with two attached hydrogens (primary N) is 2. The molecule has 1 amide bonds. The van der Waals surface area contributed by atoms with Crippen molar-refractivity contribution in [3.63, 3.8) is 0 Å². The topological polar surface area (TPSA) is 151 Å². The molecule has 2 aromatic heterocycles. The number of halogens is 1. The van der Waals surface area contributed by atoms with Gasteiger partial charge in [-0.3, -0.25) is 9.78 Å². The third kappa shape index (κ3) is 4.94. The highest BCUT2D eigenvalue weighted by atomic mass is 19.1. The molecule has 0 saturated heterocycles. The number of hydrogen-bond donors (Lipinski definition) is 4. The highest BCUT2D eigenvalue weighted by Crippen LogP contribution is 2.42. The van der Waals surface area contributed by atoms with E-state index >= 15 is 4.39 Å². The van der Waals surface area contributed by atoms with Crippen LogP contribution in [0, 0.1) is 5.82 Å². The number of carbonyl (C=O) groups excluding carboxylic acids is 1. The van der Waals surface area contributed by atoms with Gasteiger partial charge in [0.25, 0.3) is 0 Å². The van der Waals surface area contributed by atoms with Crippen LogP contribution in [0.25, 0.3) is 38.5 Å². The Morgan fingerprint density at radius 1 is 1.23 bits per heavy atom. The standard InChI is InChI=1S/C29H29FN6O4/c1-40-28-18-6-2-3-7-23(18)33-15-22(28)20-13-19(26(30)27-21(20)14-24(34-27)29(38)39)17-5-4-10-35(16-17)25(37)8-11-36(32)12-9-31/h2-3,5-7,9,12-15,34H,4,8,10-11,16,31-32H2,1H3,(H,38,39)/b12-9-. The van der Waals surface area contributed by atoms with Gasteiger partial charge in [0.2, 0.25) is 5.91 Å². The minimum atomic E-state index is -1.21. The molecule has 40 heavy (non-hydrogen) atoms. The number of nitrogens with zero attached hydrogens (tertiary/aromatic N) is 3. The fourth-order valence-corrected chi connectivity index (χ4v) is 5.08. The number of carbonyl (C=O) groups is 2. The Bertz CT molecular complexity index is 1680. The van der Waals surface area contributed by atoms with Crippen molar-refractivity contribution in [1.82, 2.24) is 19.9 Å². The summed E-state index contributed by atoms with van der Waals surface area (Å²) in [6, 6.07) is 10.6. The van der Waals surface area contributed by atoms with Crippen molar-refractivity contribution >= 4 is 39.3 Å². The number of nitrogens with one attached hydrogen (secondary N) is 1. The van der Waals surface area contributed by atoms with Crippen molar-refractivity contribution in [2.75, 3.05) is 26.7 Å². The van der Waals surface area contributed by atoms with E-state index in [1.807, 2.05) is 30.3 Å². The van der Waals surface area contributed by atoms with Gasteiger partial charge in [-0.05, 0) is 41.8 Å². The van der Waals surface area contributed by atoms with Crippen LogP contribution in [0.4, 0.5) is 4.39 Å². The molecule has 0 saturated carbocycles. The van der Waals surface area contributed by atoms with Crippen molar-refractivity contribution in [3.8, 4) is 16.9 Å². The summed E-state index contributed by atoms with van der Waals surface area (Å²) in [4.78, 5) is 33.7. The van der Waals surface area contributed by atoms with Gasteiger partial charge in [0.15, 0.2) is 5.82 Å². The van der Waals surface area contributed by atoms with Crippen LogP contribution in [0.3, 0.4) is 0 Å². The highest BCUT2D eigenvalue weighted by Gasteiger charge is 2.26. The van der Waals surface area contributed by atoms with Crippen LogP contribution in [-0.2, 0) is 4.79 Å². The van der Waals surface area contributed by atoms with Gasteiger partial charge in [-0.25, -0.2) is 15.0 Å². The van der Waals surface area contributed by atoms with Crippen LogP contribution in [0.5, 0.6) is 5.75 Å². The highest BCUT2D eigenvalue weighted by molar-refractivity contribution is 6.05. The second kappa shape index (κ2) is 11.1. The molecule has 2 aromatic carbocycles. The molecule has 0 spiro atoms. The fourth-order valence-electron chi connectivity index (χ4n) is 5.08. The van der Waals surface area contributed by atoms with Gasteiger partial charge in [-0.15, -0.1) is 0 Å². The second-order valence-electron chi connectivity index (χ2n) is 9.45. The Kier molecular flexibility index (Phi) is 7.39.